The molecule has 3 heteroatoms. The van der Waals surface area contributed by atoms with Gasteiger partial charge in [-0.2, -0.15) is 0 Å². The second-order valence-corrected chi connectivity index (χ2v) is 5.26. The molecule has 0 fully saturated rings. The first kappa shape index (κ1) is 15.8. The molecule has 1 aliphatic rings. The van der Waals surface area contributed by atoms with E-state index in [0.717, 1.165) is 0 Å². The van der Waals surface area contributed by atoms with Gasteiger partial charge in [-0.3, -0.25) is 0 Å². The highest BCUT2D eigenvalue weighted by atomic mass is 127. The molecule has 2 heterocycles. The van der Waals surface area contributed by atoms with Gasteiger partial charge in [0.25, 0.3) is 0 Å². The number of anilines is 1. The monoisotopic (exact) mass is 390 g/mol. The molecule has 108 valence electrons. The molecule has 0 amide bonds. The standard InChI is InChI=1S/C18H19N2.HI/c1-14-7-8-15-9-10-17(20(3)18(15)12-14)13-16-6-4-5-11-19(16)2;/h4-13H,1-3H3;1H/q+1;/p-1. The summed E-state index contributed by atoms with van der Waals surface area (Å²) in [6.45, 7) is 2.13. The van der Waals surface area contributed by atoms with Gasteiger partial charge in [0.05, 0.1) is 0 Å². The van der Waals surface area contributed by atoms with Gasteiger partial charge in [0.2, 0.25) is 5.69 Å². The lowest BCUT2D eigenvalue weighted by Crippen LogP contribution is -3.00. The van der Waals surface area contributed by atoms with E-state index < -0.39 is 0 Å². The van der Waals surface area contributed by atoms with Crippen molar-refractivity contribution in [2.45, 2.75) is 6.92 Å². The zero-order valence-electron chi connectivity index (χ0n) is 12.5. The molecule has 0 aliphatic carbocycles. The van der Waals surface area contributed by atoms with E-state index in [1.165, 1.54) is 28.2 Å². The maximum atomic E-state index is 2.25. The van der Waals surface area contributed by atoms with Crippen LogP contribution in [-0.4, -0.2) is 7.05 Å². The minimum Gasteiger partial charge on any atom is -1.00 e. The Bertz CT molecular complexity index is 717. The van der Waals surface area contributed by atoms with Crippen LogP contribution in [0.1, 0.15) is 16.8 Å². The molecular weight excluding hydrogens is 371 g/mol. The van der Waals surface area contributed by atoms with Gasteiger partial charge in [-0.1, -0.05) is 18.2 Å². The second kappa shape index (κ2) is 6.43. The van der Waals surface area contributed by atoms with Crippen molar-refractivity contribution >= 4 is 17.8 Å². The number of rotatable bonds is 1. The van der Waals surface area contributed by atoms with Gasteiger partial charge in [-0.05, 0) is 36.3 Å². The minimum absolute atomic E-state index is 0. The van der Waals surface area contributed by atoms with Gasteiger partial charge >= 0.3 is 0 Å². The van der Waals surface area contributed by atoms with Gasteiger partial charge in [0.15, 0.2) is 6.20 Å². The number of pyridine rings is 1. The largest absolute Gasteiger partial charge is 1.00 e. The highest BCUT2D eigenvalue weighted by molar-refractivity contribution is 5.79. The number of hydrogen-bond acceptors (Lipinski definition) is 1. The third-order valence-corrected chi connectivity index (χ3v) is 3.76. The zero-order chi connectivity index (χ0) is 14.1. The van der Waals surface area contributed by atoms with Crippen LogP contribution in [0.25, 0.3) is 12.2 Å². The smallest absolute Gasteiger partial charge is 0.207 e. The van der Waals surface area contributed by atoms with Gasteiger partial charge in [0.1, 0.15) is 7.05 Å². The fourth-order valence-corrected chi connectivity index (χ4v) is 2.49. The van der Waals surface area contributed by atoms with Crippen molar-refractivity contribution in [3.05, 3.63) is 71.2 Å². The van der Waals surface area contributed by atoms with Crippen LogP contribution in [0, 0.1) is 6.92 Å². The van der Waals surface area contributed by atoms with Crippen molar-refractivity contribution in [3.63, 3.8) is 0 Å². The topological polar surface area (TPSA) is 7.12 Å². The Labute approximate surface area is 143 Å². The Morgan fingerprint density at radius 1 is 1.10 bits per heavy atom. The van der Waals surface area contributed by atoms with Crippen LogP contribution in [0.3, 0.4) is 0 Å². The average molecular weight is 390 g/mol. The van der Waals surface area contributed by atoms with E-state index in [9.17, 15) is 0 Å². The molecule has 0 bridgehead atoms. The fraction of sp³-hybridized carbons (Fsp3) is 0.167. The summed E-state index contributed by atoms with van der Waals surface area (Å²) in [5, 5.41) is 0. The van der Waals surface area contributed by atoms with Gasteiger partial charge in [-0.25, -0.2) is 4.57 Å². The molecule has 3 rings (SSSR count). The van der Waals surface area contributed by atoms with E-state index in [-0.39, 0.29) is 24.0 Å². The molecular formula is C18H19IN2. The summed E-state index contributed by atoms with van der Waals surface area (Å²) in [6.07, 6.45) is 8.63. The van der Waals surface area contributed by atoms with Gasteiger partial charge in [0, 0.05) is 36.6 Å². The molecule has 21 heavy (non-hydrogen) atoms. The molecule has 1 aromatic heterocycles. The molecule has 2 nitrogen and oxygen atoms in total. The summed E-state index contributed by atoms with van der Waals surface area (Å²) in [5.41, 5.74) is 6.21. The quantitative estimate of drug-likeness (QED) is 0.503. The van der Waals surface area contributed by atoms with Crippen LogP contribution in [0.5, 0.6) is 0 Å². The molecule has 2 aromatic rings. The molecule has 0 unspecified atom stereocenters. The number of nitrogens with zero attached hydrogens (tertiary/aromatic N) is 2. The Hall–Kier alpha value is -1.62. The van der Waals surface area contributed by atoms with E-state index in [1.54, 1.807) is 0 Å². The van der Waals surface area contributed by atoms with Crippen molar-refractivity contribution in [1.29, 1.82) is 0 Å². The summed E-state index contributed by atoms with van der Waals surface area (Å²) in [7, 11) is 4.19. The molecule has 0 radical (unpaired) electrons. The molecule has 0 saturated heterocycles. The van der Waals surface area contributed by atoms with Crippen molar-refractivity contribution < 1.29 is 28.5 Å². The lowest BCUT2D eigenvalue weighted by Gasteiger charge is -2.26. The molecule has 0 saturated carbocycles. The van der Waals surface area contributed by atoms with Crippen LogP contribution in [0.4, 0.5) is 5.69 Å². The van der Waals surface area contributed by atoms with E-state index in [4.69, 9.17) is 0 Å². The van der Waals surface area contributed by atoms with E-state index >= 15 is 0 Å². The summed E-state index contributed by atoms with van der Waals surface area (Å²) >= 11 is 0. The first-order valence-corrected chi connectivity index (χ1v) is 6.84. The van der Waals surface area contributed by atoms with Crippen molar-refractivity contribution in [1.82, 2.24) is 0 Å². The number of aryl methyl sites for hydroxylation is 2. The zero-order valence-corrected chi connectivity index (χ0v) is 14.7. The predicted molar refractivity (Wildman–Crippen MR) is 84.2 cm³/mol. The SMILES string of the molecule is Cc1ccc2c(c1)N(C)/C(=C/c1cccc[n+]1C)C=C2.[I-]. The number of aromatic nitrogens is 1. The first-order valence-electron chi connectivity index (χ1n) is 6.84. The fourth-order valence-electron chi connectivity index (χ4n) is 2.49. The number of allylic oxidation sites excluding steroid dienone is 1. The third-order valence-electron chi connectivity index (χ3n) is 3.76. The van der Waals surface area contributed by atoms with E-state index in [1.807, 2.05) is 6.07 Å². The maximum absolute atomic E-state index is 2.25. The Balaban J connectivity index is 0.00000161. The van der Waals surface area contributed by atoms with Crippen molar-refractivity contribution in [3.8, 4) is 0 Å². The van der Waals surface area contributed by atoms with Crippen LogP contribution >= 0.6 is 0 Å². The van der Waals surface area contributed by atoms with Crippen LogP contribution in [0.2, 0.25) is 0 Å². The molecule has 1 aromatic carbocycles. The van der Waals surface area contributed by atoms with Gasteiger partial charge in [-0.15, -0.1) is 0 Å². The van der Waals surface area contributed by atoms with Crippen LogP contribution in [0.15, 0.2) is 54.4 Å². The number of benzene rings is 1. The molecule has 0 spiro atoms. The third kappa shape index (κ3) is 3.18. The van der Waals surface area contributed by atoms with Gasteiger partial charge < -0.3 is 28.9 Å². The summed E-state index contributed by atoms with van der Waals surface area (Å²) in [4.78, 5) is 2.25. The first-order chi connectivity index (χ1) is 9.65. The Kier molecular flexibility index (Phi) is 4.83. The van der Waals surface area contributed by atoms with Crippen molar-refractivity contribution in [2.75, 3.05) is 11.9 Å². The summed E-state index contributed by atoms with van der Waals surface area (Å²) < 4.78 is 2.13. The van der Waals surface area contributed by atoms with Crippen LogP contribution < -0.4 is 33.4 Å². The summed E-state index contributed by atoms with van der Waals surface area (Å²) in [6, 6.07) is 12.8. The Morgan fingerprint density at radius 3 is 2.67 bits per heavy atom. The number of hydrogen-bond donors (Lipinski definition) is 0. The molecule has 0 N–H and O–H groups in total. The second-order valence-electron chi connectivity index (χ2n) is 5.26. The minimum atomic E-state index is 0. The number of likely N-dealkylation sites (N-methyl/N-ethyl adjacent to an activating group) is 1. The Morgan fingerprint density at radius 2 is 1.90 bits per heavy atom. The van der Waals surface area contributed by atoms with E-state index in [0.29, 0.717) is 0 Å². The number of fused-ring (bicyclic) bond motifs is 1. The lowest BCUT2D eigenvalue weighted by atomic mass is 10.0. The maximum Gasteiger partial charge on any atom is 0.207 e. The number of halogens is 1. The normalized spacial score (nSPS) is 14.8. The molecule has 0 atom stereocenters. The average Bonchev–Trinajstić information content (AvgIpc) is 2.45. The van der Waals surface area contributed by atoms with E-state index in [2.05, 4.69) is 85.2 Å². The van der Waals surface area contributed by atoms with Crippen LogP contribution in [-0.2, 0) is 7.05 Å². The summed E-state index contributed by atoms with van der Waals surface area (Å²) in [5.74, 6) is 0. The lowest BCUT2D eigenvalue weighted by molar-refractivity contribution is -0.673. The molecule has 1 aliphatic heterocycles. The highest BCUT2D eigenvalue weighted by Crippen LogP contribution is 2.30. The predicted octanol–water partition coefficient (Wildman–Crippen LogP) is 0.328. The highest BCUT2D eigenvalue weighted by Gasteiger charge is 2.15. The van der Waals surface area contributed by atoms with Crippen molar-refractivity contribution in [2.24, 2.45) is 7.05 Å².